The fourth-order valence-corrected chi connectivity index (χ4v) is 2.02. The van der Waals surface area contributed by atoms with Crippen molar-refractivity contribution in [2.45, 2.75) is 6.42 Å². The van der Waals surface area contributed by atoms with Crippen molar-refractivity contribution in [1.29, 1.82) is 0 Å². The van der Waals surface area contributed by atoms with E-state index >= 15 is 0 Å². The van der Waals surface area contributed by atoms with Gasteiger partial charge in [-0.1, -0.05) is 5.76 Å². The van der Waals surface area contributed by atoms with Gasteiger partial charge in [0.25, 0.3) is 0 Å². The minimum atomic E-state index is -0.567. The molecule has 0 bridgehead atoms. The maximum atomic E-state index is 11.8. The van der Waals surface area contributed by atoms with Crippen LogP contribution < -0.4 is 24.0 Å². The molecule has 0 radical (unpaired) electrons. The Bertz CT molecular complexity index is 473. The third-order valence-electron chi connectivity index (χ3n) is 2.31. The van der Waals surface area contributed by atoms with E-state index < -0.39 is 5.97 Å². The number of esters is 1. The first-order valence-electron chi connectivity index (χ1n) is 4.26. The summed E-state index contributed by atoms with van der Waals surface area (Å²) in [5, 5.41) is 11.8. The Morgan fingerprint density at radius 3 is 2.81 bits per heavy atom. The molecular weight excluding hydrogens is 269 g/mol. The molecule has 0 aromatic carbocycles. The number of aromatic nitrogens is 1. The van der Waals surface area contributed by atoms with Gasteiger partial charge in [-0.25, -0.2) is 4.79 Å². The third kappa shape index (κ3) is 2.03. The predicted molar refractivity (Wildman–Crippen MR) is 54.6 cm³/mol. The fraction of sp³-hybridized carbons (Fsp3) is 0.200. The van der Waals surface area contributed by atoms with Gasteiger partial charge in [0.1, 0.15) is 0 Å². The second-order valence-electron chi connectivity index (χ2n) is 3.12. The largest absolute Gasteiger partial charge is 1.00 e. The minimum absolute atomic E-state index is 0. The molecule has 78 valence electrons. The minimum Gasteiger partial charge on any atom is -0.872 e. The molecule has 0 N–H and O–H groups in total. The van der Waals surface area contributed by atoms with Crippen LogP contribution >= 0.6 is 15.9 Å². The summed E-state index contributed by atoms with van der Waals surface area (Å²) in [4.78, 5) is 15.2. The van der Waals surface area contributed by atoms with E-state index in [0.29, 0.717) is 12.0 Å². The van der Waals surface area contributed by atoms with Crippen molar-refractivity contribution < 1.29 is 33.5 Å². The van der Waals surface area contributed by atoms with E-state index in [2.05, 4.69) is 25.7 Å². The molecule has 0 amide bonds. The van der Waals surface area contributed by atoms with Gasteiger partial charge in [-0.15, -0.1) is 0 Å². The van der Waals surface area contributed by atoms with Gasteiger partial charge in [0.05, 0.1) is 7.11 Å². The van der Waals surface area contributed by atoms with Gasteiger partial charge in [-0.2, -0.15) is 0 Å². The topological polar surface area (TPSA) is 62.2 Å². The number of rotatable bonds is 1. The first-order chi connectivity index (χ1) is 7.15. The monoisotopic (exact) mass is 275 g/mol. The summed E-state index contributed by atoms with van der Waals surface area (Å²) in [6.45, 7) is 0. The van der Waals surface area contributed by atoms with E-state index in [1.165, 1.54) is 13.3 Å². The number of carbonyl (C=O) groups excluding carboxylic acids is 1. The number of hydrogen-bond donors (Lipinski definition) is 0. The van der Waals surface area contributed by atoms with Gasteiger partial charge in [-0.05, 0) is 27.1 Å². The molecule has 0 atom stereocenters. The molecule has 1 heterocycles. The number of nitrogens with zero attached hydrogens (tertiary/aromatic N) is 1. The molecule has 0 unspecified atom stereocenters. The summed E-state index contributed by atoms with van der Waals surface area (Å²) in [6, 6.07) is 0. The van der Waals surface area contributed by atoms with E-state index in [9.17, 15) is 9.90 Å². The van der Waals surface area contributed by atoms with Crippen molar-refractivity contribution in [3.8, 4) is 0 Å². The van der Waals surface area contributed by atoms with Crippen LogP contribution in [0.4, 0.5) is 0 Å². The summed E-state index contributed by atoms with van der Waals surface area (Å²) in [7, 11) is 1.26. The molecule has 1 aromatic heterocycles. The quantitative estimate of drug-likeness (QED) is 0.425. The first-order valence-corrected chi connectivity index (χ1v) is 5.05. The van der Waals surface area contributed by atoms with Crippen LogP contribution in [0.5, 0.6) is 0 Å². The number of methoxy groups -OCH3 is 1. The van der Waals surface area contributed by atoms with Crippen LogP contribution in [0.2, 0.25) is 0 Å². The normalized spacial score (nSPS) is 13.1. The zero-order chi connectivity index (χ0) is 11.0. The van der Waals surface area contributed by atoms with Gasteiger partial charge >= 0.3 is 24.8 Å². The summed E-state index contributed by atoms with van der Waals surface area (Å²) < 4.78 is 5.29. The summed E-state index contributed by atoms with van der Waals surface area (Å²) in [5.74, 6) is -0.853. The molecule has 4 nitrogen and oxygen atoms in total. The molecule has 0 spiro atoms. The second kappa shape index (κ2) is 5.05. The fourth-order valence-electron chi connectivity index (χ4n) is 1.54. The van der Waals surface area contributed by atoms with Crippen molar-refractivity contribution in [3.63, 3.8) is 0 Å². The molecule has 1 aliphatic rings. The summed E-state index contributed by atoms with van der Waals surface area (Å²) in [6.07, 6.45) is 3.38. The second-order valence-corrected chi connectivity index (χ2v) is 3.98. The van der Waals surface area contributed by atoms with Crippen molar-refractivity contribution in [2.24, 2.45) is 0 Å². The Labute approximate surface area is 113 Å². The van der Waals surface area contributed by atoms with Crippen LogP contribution in [0.3, 0.4) is 0 Å². The Kier molecular flexibility index (Phi) is 4.19. The standard InChI is InChI=1S/C10H8BrNO3.Li/c1-15-10(14)6-2-5-7(9(6)13)3-12-4-8(5)11;/h3-4,13H,2H2,1H3;/q;+1/p-1. The summed E-state index contributed by atoms with van der Waals surface area (Å²) >= 11 is 3.29. The Hall–Kier alpha value is -0.763. The van der Waals surface area contributed by atoms with Gasteiger partial charge < -0.3 is 9.84 Å². The SMILES string of the molecule is COC(=O)C1=C([O-])c2cncc(Br)c2C1.[Li+]. The van der Waals surface area contributed by atoms with E-state index in [0.717, 1.165) is 10.0 Å². The smallest absolute Gasteiger partial charge is 0.872 e. The molecule has 6 heteroatoms. The molecule has 1 aliphatic carbocycles. The zero-order valence-electron chi connectivity index (χ0n) is 8.91. The molecule has 0 saturated heterocycles. The molecule has 0 aliphatic heterocycles. The van der Waals surface area contributed by atoms with E-state index in [-0.39, 0.29) is 30.2 Å². The maximum absolute atomic E-state index is 11.8. The van der Waals surface area contributed by atoms with Crippen LogP contribution in [0.25, 0.3) is 5.76 Å². The van der Waals surface area contributed by atoms with E-state index in [4.69, 9.17) is 0 Å². The predicted octanol–water partition coefficient (Wildman–Crippen LogP) is -2.35. The molecule has 16 heavy (non-hydrogen) atoms. The van der Waals surface area contributed by atoms with Gasteiger partial charge in [-0.3, -0.25) is 4.98 Å². The maximum Gasteiger partial charge on any atom is 1.00 e. The molecule has 0 fully saturated rings. The number of halogens is 1. The average Bonchev–Trinajstić information content (AvgIpc) is 2.57. The van der Waals surface area contributed by atoms with Crippen LogP contribution in [-0.2, 0) is 16.0 Å². The van der Waals surface area contributed by atoms with Crippen LogP contribution in [0, 0.1) is 0 Å². The average molecular weight is 276 g/mol. The number of fused-ring (bicyclic) bond motifs is 1. The Balaban J connectivity index is 0.00000128. The molecular formula is C10H7BrLiNO3. The van der Waals surface area contributed by atoms with Gasteiger partial charge in [0, 0.05) is 28.9 Å². The number of pyridine rings is 1. The van der Waals surface area contributed by atoms with Crippen molar-refractivity contribution in [3.05, 3.63) is 33.6 Å². The number of carbonyl (C=O) groups is 1. The van der Waals surface area contributed by atoms with Gasteiger partial charge in [0.2, 0.25) is 0 Å². The van der Waals surface area contributed by atoms with Crippen LogP contribution in [0.1, 0.15) is 11.1 Å². The molecule has 2 rings (SSSR count). The summed E-state index contributed by atoms with van der Waals surface area (Å²) in [5.41, 5.74) is 1.45. The zero-order valence-corrected chi connectivity index (χ0v) is 10.5. The van der Waals surface area contributed by atoms with Crippen LogP contribution in [0.15, 0.2) is 22.4 Å². The molecule has 1 aromatic rings. The first kappa shape index (κ1) is 13.3. The number of ether oxygens (including phenoxy) is 1. The Morgan fingerprint density at radius 1 is 1.56 bits per heavy atom. The Morgan fingerprint density at radius 2 is 2.25 bits per heavy atom. The van der Waals surface area contributed by atoms with Crippen molar-refractivity contribution >= 4 is 27.7 Å². The third-order valence-corrected chi connectivity index (χ3v) is 2.99. The van der Waals surface area contributed by atoms with Crippen molar-refractivity contribution in [2.75, 3.05) is 7.11 Å². The molecule has 0 saturated carbocycles. The van der Waals surface area contributed by atoms with E-state index in [1.807, 2.05) is 0 Å². The van der Waals surface area contributed by atoms with Crippen LogP contribution in [-0.4, -0.2) is 18.1 Å². The van der Waals surface area contributed by atoms with Crippen molar-refractivity contribution in [1.82, 2.24) is 4.98 Å². The van der Waals surface area contributed by atoms with Gasteiger partial charge in [0.15, 0.2) is 0 Å². The van der Waals surface area contributed by atoms with E-state index in [1.54, 1.807) is 6.20 Å². The number of hydrogen-bond acceptors (Lipinski definition) is 4.